The zero-order chi connectivity index (χ0) is 14.0. The third-order valence-electron chi connectivity index (χ3n) is 4.04. The van der Waals surface area contributed by atoms with Crippen LogP contribution in [0.1, 0.15) is 47.9 Å². The Labute approximate surface area is 115 Å². The molecule has 0 heterocycles. The molecular formula is C17H22O2. The summed E-state index contributed by atoms with van der Waals surface area (Å²) in [5.74, 6) is -0.419. The molecule has 1 fully saturated rings. The van der Waals surface area contributed by atoms with Gasteiger partial charge in [0.1, 0.15) is 0 Å². The molecule has 0 spiro atoms. The number of carboxylic acid groups (broad SMARTS) is 1. The second kappa shape index (κ2) is 5.60. The minimum Gasteiger partial charge on any atom is -0.478 e. The first-order chi connectivity index (χ1) is 8.99. The van der Waals surface area contributed by atoms with Crippen LogP contribution in [0.15, 0.2) is 18.2 Å². The SMILES string of the molecule is Cc1cc(C)c(/C(=C/C(=O)O)C2CCCC2)c(C)c1. The predicted octanol–water partition coefficient (Wildman–Crippen LogP) is 4.27. The van der Waals surface area contributed by atoms with E-state index in [1.807, 2.05) is 0 Å². The number of carboxylic acids is 1. The van der Waals surface area contributed by atoms with Gasteiger partial charge in [-0.3, -0.25) is 0 Å². The fraction of sp³-hybridized carbons (Fsp3) is 0.471. The Bertz CT molecular complexity index is 497. The van der Waals surface area contributed by atoms with Gasteiger partial charge in [-0.15, -0.1) is 0 Å². The number of carbonyl (C=O) groups is 1. The highest BCUT2D eigenvalue weighted by molar-refractivity contribution is 5.91. The van der Waals surface area contributed by atoms with Gasteiger partial charge in [-0.2, -0.15) is 0 Å². The number of allylic oxidation sites excluding steroid dienone is 1. The number of benzene rings is 1. The second-order valence-electron chi connectivity index (χ2n) is 5.69. The number of aryl methyl sites for hydroxylation is 3. The summed E-state index contributed by atoms with van der Waals surface area (Å²) < 4.78 is 0. The van der Waals surface area contributed by atoms with E-state index in [1.54, 1.807) is 0 Å². The summed E-state index contributed by atoms with van der Waals surface area (Å²) in [6.07, 6.45) is 6.09. The Hall–Kier alpha value is -1.57. The average molecular weight is 258 g/mol. The molecule has 1 N–H and O–H groups in total. The van der Waals surface area contributed by atoms with Gasteiger partial charge in [-0.1, -0.05) is 30.5 Å². The molecule has 0 bridgehead atoms. The van der Waals surface area contributed by atoms with E-state index in [1.165, 1.54) is 35.6 Å². The van der Waals surface area contributed by atoms with Gasteiger partial charge in [0.05, 0.1) is 0 Å². The largest absolute Gasteiger partial charge is 0.478 e. The summed E-state index contributed by atoms with van der Waals surface area (Å²) in [5.41, 5.74) is 5.80. The number of aliphatic carboxylic acids is 1. The van der Waals surface area contributed by atoms with E-state index in [0.29, 0.717) is 5.92 Å². The number of hydrogen-bond donors (Lipinski definition) is 1. The quantitative estimate of drug-likeness (QED) is 0.822. The summed E-state index contributed by atoms with van der Waals surface area (Å²) in [4.78, 5) is 11.2. The highest BCUT2D eigenvalue weighted by Crippen LogP contribution is 2.39. The van der Waals surface area contributed by atoms with Gasteiger partial charge in [-0.25, -0.2) is 4.79 Å². The van der Waals surface area contributed by atoms with Crippen molar-refractivity contribution in [2.75, 3.05) is 0 Å². The molecule has 1 aromatic carbocycles. The van der Waals surface area contributed by atoms with Crippen molar-refractivity contribution >= 4 is 11.5 Å². The molecule has 19 heavy (non-hydrogen) atoms. The van der Waals surface area contributed by atoms with Crippen LogP contribution in [0.5, 0.6) is 0 Å². The first-order valence-corrected chi connectivity index (χ1v) is 7.01. The molecule has 1 aromatic rings. The Morgan fingerprint density at radius 3 is 2.16 bits per heavy atom. The van der Waals surface area contributed by atoms with E-state index >= 15 is 0 Å². The van der Waals surface area contributed by atoms with Crippen LogP contribution in [0, 0.1) is 26.7 Å². The predicted molar refractivity (Wildman–Crippen MR) is 78.2 cm³/mol. The lowest BCUT2D eigenvalue weighted by atomic mass is 9.85. The number of rotatable bonds is 3. The van der Waals surface area contributed by atoms with E-state index in [4.69, 9.17) is 5.11 Å². The van der Waals surface area contributed by atoms with Crippen molar-refractivity contribution in [3.05, 3.63) is 40.5 Å². The van der Waals surface area contributed by atoms with Crippen LogP contribution in [0.4, 0.5) is 0 Å². The summed E-state index contributed by atoms with van der Waals surface area (Å²) in [6, 6.07) is 4.29. The summed E-state index contributed by atoms with van der Waals surface area (Å²) in [5, 5.41) is 9.17. The van der Waals surface area contributed by atoms with Crippen LogP contribution in [-0.4, -0.2) is 11.1 Å². The molecule has 2 heteroatoms. The minimum atomic E-state index is -0.832. The highest BCUT2D eigenvalue weighted by atomic mass is 16.4. The van der Waals surface area contributed by atoms with Crippen molar-refractivity contribution in [1.29, 1.82) is 0 Å². The first kappa shape index (κ1) is 13.9. The molecule has 0 amide bonds. The van der Waals surface area contributed by atoms with Gasteiger partial charge in [-0.05, 0) is 61.8 Å². The Morgan fingerprint density at radius 2 is 1.68 bits per heavy atom. The van der Waals surface area contributed by atoms with Gasteiger partial charge < -0.3 is 5.11 Å². The molecule has 0 aromatic heterocycles. The van der Waals surface area contributed by atoms with E-state index in [0.717, 1.165) is 24.0 Å². The van der Waals surface area contributed by atoms with Crippen molar-refractivity contribution < 1.29 is 9.90 Å². The zero-order valence-electron chi connectivity index (χ0n) is 12.0. The van der Waals surface area contributed by atoms with E-state index < -0.39 is 5.97 Å². The molecule has 102 valence electrons. The van der Waals surface area contributed by atoms with Crippen molar-refractivity contribution in [1.82, 2.24) is 0 Å². The van der Waals surface area contributed by atoms with Crippen molar-refractivity contribution in [2.24, 2.45) is 5.92 Å². The fourth-order valence-electron chi connectivity index (χ4n) is 3.40. The van der Waals surface area contributed by atoms with E-state index in [2.05, 4.69) is 32.9 Å². The molecule has 0 aliphatic heterocycles. The fourth-order valence-corrected chi connectivity index (χ4v) is 3.40. The standard InChI is InChI=1S/C17H22O2/c1-11-8-12(2)17(13(3)9-11)15(10-16(18)19)14-6-4-5-7-14/h8-10,14H,4-7H2,1-3H3,(H,18,19)/b15-10+. The third-order valence-corrected chi connectivity index (χ3v) is 4.04. The van der Waals surface area contributed by atoms with Crippen molar-refractivity contribution in [3.8, 4) is 0 Å². The van der Waals surface area contributed by atoms with Gasteiger partial charge in [0, 0.05) is 6.08 Å². The second-order valence-corrected chi connectivity index (χ2v) is 5.69. The summed E-state index contributed by atoms with van der Waals surface area (Å²) >= 11 is 0. The van der Waals surface area contributed by atoms with Crippen molar-refractivity contribution in [3.63, 3.8) is 0 Å². The maximum atomic E-state index is 11.2. The van der Waals surface area contributed by atoms with Crippen molar-refractivity contribution in [2.45, 2.75) is 46.5 Å². The molecule has 1 aliphatic carbocycles. The summed E-state index contributed by atoms with van der Waals surface area (Å²) in [7, 11) is 0. The Kier molecular flexibility index (Phi) is 4.08. The maximum absolute atomic E-state index is 11.2. The van der Waals surface area contributed by atoms with Crippen LogP contribution in [0.25, 0.3) is 5.57 Å². The Balaban J connectivity index is 2.52. The van der Waals surface area contributed by atoms with Crippen LogP contribution in [0.3, 0.4) is 0 Å². The van der Waals surface area contributed by atoms with Crippen LogP contribution < -0.4 is 0 Å². The van der Waals surface area contributed by atoms with E-state index in [9.17, 15) is 4.79 Å². The molecule has 1 saturated carbocycles. The van der Waals surface area contributed by atoms with E-state index in [-0.39, 0.29) is 0 Å². The third kappa shape index (κ3) is 3.06. The molecule has 0 radical (unpaired) electrons. The lowest BCUT2D eigenvalue weighted by molar-refractivity contribution is -0.131. The van der Waals surface area contributed by atoms with Gasteiger partial charge in [0.2, 0.25) is 0 Å². The van der Waals surface area contributed by atoms with Crippen LogP contribution in [0.2, 0.25) is 0 Å². The lowest BCUT2D eigenvalue weighted by Crippen LogP contribution is -2.05. The van der Waals surface area contributed by atoms with Gasteiger partial charge in [0.15, 0.2) is 0 Å². The summed E-state index contributed by atoms with van der Waals surface area (Å²) in [6.45, 7) is 6.25. The van der Waals surface area contributed by atoms with Gasteiger partial charge >= 0.3 is 5.97 Å². The van der Waals surface area contributed by atoms with Crippen LogP contribution >= 0.6 is 0 Å². The topological polar surface area (TPSA) is 37.3 Å². The van der Waals surface area contributed by atoms with Gasteiger partial charge in [0.25, 0.3) is 0 Å². The number of hydrogen-bond acceptors (Lipinski definition) is 1. The highest BCUT2D eigenvalue weighted by Gasteiger charge is 2.23. The molecule has 0 unspecified atom stereocenters. The first-order valence-electron chi connectivity index (χ1n) is 7.01. The molecule has 0 atom stereocenters. The molecule has 1 aliphatic rings. The Morgan fingerprint density at radius 1 is 1.16 bits per heavy atom. The molecule has 0 saturated heterocycles. The van der Waals surface area contributed by atoms with Crippen LogP contribution in [-0.2, 0) is 4.79 Å². The lowest BCUT2D eigenvalue weighted by Gasteiger charge is -2.19. The smallest absolute Gasteiger partial charge is 0.328 e. The molecule has 2 rings (SSSR count). The minimum absolute atomic E-state index is 0.413. The average Bonchev–Trinajstić information content (AvgIpc) is 2.78. The molecular weight excluding hydrogens is 236 g/mol. The normalized spacial score (nSPS) is 16.9. The molecule has 2 nitrogen and oxygen atoms in total. The zero-order valence-corrected chi connectivity index (χ0v) is 12.0. The monoisotopic (exact) mass is 258 g/mol. The maximum Gasteiger partial charge on any atom is 0.328 e.